The van der Waals surface area contributed by atoms with Gasteiger partial charge in [0.25, 0.3) is 5.91 Å². The average Bonchev–Trinajstić information content (AvgIpc) is 3.53. The predicted octanol–water partition coefficient (Wildman–Crippen LogP) is 1.53. The lowest BCUT2D eigenvalue weighted by atomic mass is 9.76. The third kappa shape index (κ3) is 10.5. The van der Waals surface area contributed by atoms with Crippen LogP contribution in [-0.4, -0.2) is 95.3 Å². The molecule has 14 nitrogen and oxygen atoms in total. The Labute approximate surface area is 258 Å². The molecule has 2 aromatic rings. The molecule has 2 aliphatic heterocycles. The molecule has 0 radical (unpaired) electrons. The summed E-state index contributed by atoms with van der Waals surface area (Å²) >= 11 is 0. The number of fused-ring (bicyclic) bond motifs is 16. The van der Waals surface area contributed by atoms with Crippen LogP contribution < -0.4 is 20.1 Å². The van der Waals surface area contributed by atoms with Gasteiger partial charge in [-0.15, -0.1) is 5.10 Å². The molecular weight excluding hydrogens is 570 g/mol. The monoisotopic (exact) mass is 615 g/mol. The van der Waals surface area contributed by atoms with Gasteiger partial charge in [0, 0.05) is 39.0 Å². The molecule has 3 heterocycles. The van der Waals surface area contributed by atoms with E-state index in [-0.39, 0.29) is 69.4 Å². The second-order valence-electron chi connectivity index (χ2n) is 11.3. The molecule has 2 N–H and O–H groups in total. The van der Waals surface area contributed by atoms with Crippen LogP contribution >= 0.6 is 0 Å². The maximum atomic E-state index is 13.5. The van der Waals surface area contributed by atoms with Crippen LogP contribution in [0.3, 0.4) is 0 Å². The van der Waals surface area contributed by atoms with Crippen molar-refractivity contribution in [2.24, 2.45) is 11.3 Å². The summed E-state index contributed by atoms with van der Waals surface area (Å²) in [5, 5.41) is 16.7. The summed E-state index contributed by atoms with van der Waals surface area (Å²) in [5.74, 6) is 0.00869. The van der Waals surface area contributed by atoms with Crippen LogP contribution in [0.15, 0.2) is 24.5 Å². The van der Waals surface area contributed by atoms with Crippen molar-refractivity contribution in [3.05, 3.63) is 30.1 Å². The topological polar surface area (TPSA) is 167 Å². The largest absolute Gasteiger partial charge is 0.493 e. The first-order chi connectivity index (χ1) is 21.2. The lowest BCUT2D eigenvalue weighted by Gasteiger charge is -2.33. The SMILES string of the molecule is CCOC(=O)C1(CCC(C)C)CNC(=O)CCCN(C(=O)CCn2cnnn2)CCNC(=O)COc2ccc(cc2OC)C1. The van der Waals surface area contributed by atoms with Gasteiger partial charge in [0.2, 0.25) is 11.8 Å². The van der Waals surface area contributed by atoms with Crippen LogP contribution in [0, 0.1) is 11.3 Å². The quantitative estimate of drug-likeness (QED) is 0.312. The highest BCUT2D eigenvalue weighted by atomic mass is 16.5. The predicted molar refractivity (Wildman–Crippen MR) is 160 cm³/mol. The van der Waals surface area contributed by atoms with Gasteiger partial charge in [-0.1, -0.05) is 19.9 Å². The fraction of sp³-hybridized carbons (Fsp3) is 0.633. The molecular formula is C30H45N7O7. The third-order valence-corrected chi connectivity index (χ3v) is 7.50. The van der Waals surface area contributed by atoms with Crippen LogP contribution in [0.25, 0.3) is 0 Å². The van der Waals surface area contributed by atoms with E-state index in [4.69, 9.17) is 14.2 Å². The van der Waals surface area contributed by atoms with Crippen LogP contribution in [0.5, 0.6) is 11.5 Å². The number of tetrazole rings is 1. The molecule has 0 spiro atoms. The molecule has 0 saturated carbocycles. The maximum Gasteiger partial charge on any atom is 0.314 e. The summed E-state index contributed by atoms with van der Waals surface area (Å²) in [6, 6.07) is 5.32. The Morgan fingerprint density at radius 2 is 1.98 bits per heavy atom. The number of benzene rings is 1. The van der Waals surface area contributed by atoms with Gasteiger partial charge in [-0.25, -0.2) is 4.68 Å². The number of aromatic nitrogens is 4. The fourth-order valence-corrected chi connectivity index (χ4v) is 4.99. The normalized spacial score (nSPS) is 18.8. The van der Waals surface area contributed by atoms with E-state index >= 15 is 0 Å². The molecule has 1 unspecified atom stereocenters. The van der Waals surface area contributed by atoms with E-state index < -0.39 is 5.41 Å². The molecule has 242 valence electrons. The molecule has 0 saturated heterocycles. The van der Waals surface area contributed by atoms with Gasteiger partial charge in [0.15, 0.2) is 18.1 Å². The summed E-state index contributed by atoms with van der Waals surface area (Å²) in [5.41, 5.74) is -0.205. The zero-order valence-corrected chi connectivity index (χ0v) is 26.2. The number of carbonyl (C=O) groups excluding carboxylic acids is 4. The van der Waals surface area contributed by atoms with Crippen molar-refractivity contribution in [2.45, 2.75) is 65.8 Å². The number of nitrogens with one attached hydrogen (secondary N) is 2. The van der Waals surface area contributed by atoms with Gasteiger partial charge >= 0.3 is 5.97 Å². The van der Waals surface area contributed by atoms with E-state index in [2.05, 4.69) is 40.0 Å². The standard InChI is InChI=1S/C30H45N7O7/c1-5-43-29(41)30(12-10-22(2)3)18-23-8-9-24(25(17-23)42-4)44-19-27(39)31-13-16-36(14-6-7-26(38)32-20-30)28(40)11-15-37-21-33-34-35-37/h8-9,17,21-22H,5-7,10-16,18-20H2,1-4H3,(H,31,39)(H,32,38). The average molecular weight is 616 g/mol. The third-order valence-electron chi connectivity index (χ3n) is 7.50. The van der Waals surface area contributed by atoms with E-state index in [1.807, 2.05) is 6.07 Å². The van der Waals surface area contributed by atoms with Gasteiger partial charge < -0.3 is 29.7 Å². The van der Waals surface area contributed by atoms with Gasteiger partial charge in [0.05, 0.1) is 25.7 Å². The lowest BCUT2D eigenvalue weighted by Crippen LogP contribution is -2.46. The number of carbonyl (C=O) groups is 4. The molecule has 44 heavy (non-hydrogen) atoms. The highest BCUT2D eigenvalue weighted by Crippen LogP contribution is 2.35. The molecule has 1 aromatic heterocycles. The van der Waals surface area contributed by atoms with Crippen molar-refractivity contribution >= 4 is 23.7 Å². The minimum absolute atomic E-state index is 0.102. The Bertz CT molecular complexity index is 1240. The first-order valence-electron chi connectivity index (χ1n) is 15.1. The minimum Gasteiger partial charge on any atom is -0.493 e. The van der Waals surface area contributed by atoms with Crippen LogP contribution in [-0.2, 0) is 36.9 Å². The first-order valence-corrected chi connectivity index (χ1v) is 15.1. The first kappa shape index (κ1) is 34.3. The van der Waals surface area contributed by atoms with Crippen LogP contribution in [0.1, 0.15) is 58.4 Å². The number of rotatable bonds is 9. The Morgan fingerprint density at radius 3 is 2.68 bits per heavy atom. The molecule has 1 aromatic carbocycles. The van der Waals surface area contributed by atoms with E-state index in [9.17, 15) is 19.2 Å². The van der Waals surface area contributed by atoms with Crippen LogP contribution in [0.2, 0.25) is 0 Å². The number of ether oxygens (including phenoxy) is 3. The summed E-state index contributed by atoms with van der Waals surface area (Å²) in [6.07, 6.45) is 3.71. The smallest absolute Gasteiger partial charge is 0.314 e. The highest BCUT2D eigenvalue weighted by molar-refractivity contribution is 5.81. The summed E-state index contributed by atoms with van der Waals surface area (Å²) in [4.78, 5) is 53.8. The number of hydrogen-bond acceptors (Lipinski definition) is 10. The van der Waals surface area contributed by atoms with Gasteiger partial charge in [0.1, 0.15) is 6.33 Å². The highest BCUT2D eigenvalue weighted by Gasteiger charge is 2.40. The number of esters is 1. The zero-order valence-electron chi connectivity index (χ0n) is 26.2. The van der Waals surface area contributed by atoms with Crippen molar-refractivity contribution < 1.29 is 33.4 Å². The van der Waals surface area contributed by atoms with Crippen LogP contribution in [0.4, 0.5) is 0 Å². The molecule has 4 rings (SSSR count). The summed E-state index contributed by atoms with van der Waals surface area (Å²) in [6.45, 7) is 7.07. The number of aryl methyl sites for hydroxylation is 1. The van der Waals surface area contributed by atoms with E-state index in [0.717, 1.165) is 12.0 Å². The molecule has 14 heteroatoms. The summed E-state index contributed by atoms with van der Waals surface area (Å²) in [7, 11) is 1.50. The van der Waals surface area contributed by atoms with E-state index in [1.54, 1.807) is 24.0 Å². The number of amides is 3. The Kier molecular flexibility index (Phi) is 13.4. The van der Waals surface area contributed by atoms with Crippen molar-refractivity contribution in [1.82, 2.24) is 35.7 Å². The van der Waals surface area contributed by atoms with E-state index in [1.165, 1.54) is 18.1 Å². The second-order valence-corrected chi connectivity index (χ2v) is 11.3. The Hall–Kier alpha value is -4.23. The van der Waals surface area contributed by atoms with Crippen molar-refractivity contribution in [3.8, 4) is 11.5 Å². The van der Waals surface area contributed by atoms with Crippen molar-refractivity contribution in [3.63, 3.8) is 0 Å². The van der Waals surface area contributed by atoms with Gasteiger partial charge in [-0.05, 0) is 66.6 Å². The molecule has 2 aliphatic rings. The Balaban J connectivity index is 1.85. The van der Waals surface area contributed by atoms with Gasteiger partial charge in [-0.3, -0.25) is 19.2 Å². The Morgan fingerprint density at radius 1 is 1.16 bits per heavy atom. The minimum atomic E-state index is -1.01. The number of nitrogens with zero attached hydrogens (tertiary/aromatic N) is 5. The summed E-state index contributed by atoms with van der Waals surface area (Å²) < 4.78 is 18.3. The van der Waals surface area contributed by atoms with E-state index in [0.29, 0.717) is 49.8 Å². The molecule has 3 amide bonds. The molecule has 2 bridgehead atoms. The zero-order chi connectivity index (χ0) is 32.0. The maximum absolute atomic E-state index is 13.5. The van der Waals surface area contributed by atoms with Crippen molar-refractivity contribution in [2.75, 3.05) is 46.5 Å². The van der Waals surface area contributed by atoms with Gasteiger partial charge in [-0.2, -0.15) is 0 Å². The number of hydrogen-bond donors (Lipinski definition) is 2. The molecule has 0 fully saturated rings. The molecule has 0 aliphatic carbocycles. The number of methoxy groups -OCH3 is 1. The molecule has 1 atom stereocenters. The van der Waals surface area contributed by atoms with Crippen molar-refractivity contribution in [1.29, 1.82) is 0 Å². The fourth-order valence-electron chi connectivity index (χ4n) is 4.99. The lowest BCUT2D eigenvalue weighted by molar-refractivity contribution is -0.156. The second kappa shape index (κ2) is 17.2.